The van der Waals surface area contributed by atoms with E-state index in [2.05, 4.69) is 74.5 Å². The highest BCUT2D eigenvalue weighted by Crippen LogP contribution is 2.24. The smallest absolute Gasteiger partial charge is 0.333 e. The zero-order chi connectivity index (χ0) is 14.1. The Morgan fingerprint density at radius 2 is 1.80 bits per heavy atom. The summed E-state index contributed by atoms with van der Waals surface area (Å²) in [6.45, 7) is 5.78. The Hall–Kier alpha value is -1.95. The molecule has 0 amide bonds. The number of rotatable bonds is 2. The molecule has 8 heteroatoms. The van der Waals surface area contributed by atoms with Gasteiger partial charge in [0.25, 0.3) is 0 Å². The molecule has 3 rings (SSSR count). The van der Waals surface area contributed by atoms with Crippen molar-refractivity contribution >= 4 is 25.6 Å². The van der Waals surface area contributed by atoms with E-state index < -0.39 is 0 Å². The molecule has 20 heavy (non-hydrogen) atoms. The number of H-pyrrole nitrogens is 1. The van der Waals surface area contributed by atoms with Crippen LogP contribution in [0.3, 0.4) is 0 Å². The number of anilines is 2. The van der Waals surface area contributed by atoms with Crippen molar-refractivity contribution in [2.45, 2.75) is 13.6 Å². The third-order valence-corrected chi connectivity index (χ3v) is 4.15. The molecule has 0 aliphatic carbocycles. The molecule has 2 aromatic rings. The van der Waals surface area contributed by atoms with Crippen LogP contribution in [0.4, 0.5) is 11.6 Å². The highest BCUT2D eigenvalue weighted by Gasteiger charge is 2.40. The molecule has 1 saturated heterocycles. The van der Waals surface area contributed by atoms with Crippen molar-refractivity contribution in [1.29, 1.82) is 0 Å². The number of aromatic amines is 1. The summed E-state index contributed by atoms with van der Waals surface area (Å²) in [5.74, 6) is 0.803. The van der Waals surface area contributed by atoms with Crippen LogP contribution in [0.1, 0.15) is 0 Å². The first-order valence-electron chi connectivity index (χ1n) is 6.84. The third kappa shape index (κ3) is 2.16. The largest absolute Gasteiger partial charge is 0.386 e. The molecule has 0 bridgehead atoms. The normalized spacial score (nSPS) is 16.9. The lowest BCUT2D eigenvalue weighted by Crippen LogP contribution is -2.69. The first kappa shape index (κ1) is 13.1. The number of benzene rings is 1. The van der Waals surface area contributed by atoms with Gasteiger partial charge in [-0.1, -0.05) is 31.8 Å². The minimum absolute atomic E-state index is 0.262. The highest BCUT2D eigenvalue weighted by atomic mass is 15.4. The Balaban J connectivity index is 1.92. The Kier molecular flexibility index (Phi) is 3.40. The molecule has 0 saturated carbocycles. The van der Waals surface area contributed by atoms with Crippen LogP contribution < -0.4 is 9.62 Å². The van der Waals surface area contributed by atoms with E-state index in [1.807, 2.05) is 6.07 Å². The lowest BCUT2D eigenvalue weighted by molar-refractivity contribution is 0.715. The second kappa shape index (κ2) is 5.20. The Morgan fingerprint density at radius 3 is 2.45 bits per heavy atom. The number of nitrogens with one attached hydrogen (secondary N) is 1. The molecular weight excluding hydrogens is 250 g/mol. The number of para-hydroxylation sites is 1. The minimum atomic E-state index is 0.262. The quantitative estimate of drug-likeness (QED) is 0.831. The molecule has 2 heterocycles. The predicted octanol–water partition coefficient (Wildman–Crippen LogP) is 1.26. The summed E-state index contributed by atoms with van der Waals surface area (Å²) in [6.07, 6.45) is 1.55. The minimum Gasteiger partial charge on any atom is -0.386 e. The maximum atomic E-state index is 4.28. The molecule has 102 valence electrons. The van der Waals surface area contributed by atoms with Crippen LogP contribution in [-0.2, 0) is 0 Å². The number of nitrogens with zero attached hydrogens (tertiary/aromatic N) is 5. The Bertz CT molecular complexity index is 548. The van der Waals surface area contributed by atoms with Gasteiger partial charge >= 0.3 is 14.0 Å². The van der Waals surface area contributed by atoms with E-state index in [-0.39, 0.29) is 6.98 Å². The fraction of sp³-hybridized carbons (Fsp3) is 0.333. The van der Waals surface area contributed by atoms with Crippen molar-refractivity contribution in [1.82, 2.24) is 19.9 Å². The number of hydrogen-bond donors (Lipinski definition) is 1. The van der Waals surface area contributed by atoms with E-state index in [4.69, 9.17) is 0 Å². The van der Waals surface area contributed by atoms with Crippen LogP contribution >= 0.6 is 0 Å². The van der Waals surface area contributed by atoms with Crippen molar-refractivity contribution in [2.24, 2.45) is 0 Å². The van der Waals surface area contributed by atoms with Crippen molar-refractivity contribution in [2.75, 3.05) is 23.3 Å². The van der Waals surface area contributed by atoms with Crippen LogP contribution in [0.2, 0.25) is 13.6 Å². The topological polar surface area (TPSA) is 51.3 Å². The molecule has 1 fully saturated rings. The summed E-state index contributed by atoms with van der Waals surface area (Å²) in [5, 5.41) is 6.92. The molecule has 1 aliphatic heterocycles. The first-order valence-corrected chi connectivity index (χ1v) is 6.84. The SMILES string of the molecule is CB1N(C)B(C)N(c2ncn[nH]2)CN1c1ccccc1. The van der Waals surface area contributed by atoms with Gasteiger partial charge in [0.2, 0.25) is 5.95 Å². The fourth-order valence-electron chi connectivity index (χ4n) is 2.65. The summed E-state index contributed by atoms with van der Waals surface area (Å²) in [5.41, 5.74) is 1.21. The van der Waals surface area contributed by atoms with E-state index in [1.165, 1.54) is 5.69 Å². The van der Waals surface area contributed by atoms with Gasteiger partial charge in [0.05, 0.1) is 6.67 Å². The molecule has 6 nitrogen and oxygen atoms in total. The molecule has 0 atom stereocenters. The Labute approximate surface area is 120 Å². The van der Waals surface area contributed by atoms with Gasteiger partial charge in [-0.05, 0) is 19.2 Å². The molecule has 0 unspecified atom stereocenters. The predicted molar refractivity (Wildman–Crippen MR) is 83.6 cm³/mol. The van der Waals surface area contributed by atoms with Crippen molar-refractivity contribution < 1.29 is 0 Å². The van der Waals surface area contributed by atoms with Gasteiger partial charge in [0.15, 0.2) is 0 Å². The molecule has 1 aromatic carbocycles. The Morgan fingerprint density at radius 1 is 1.10 bits per heavy atom. The van der Waals surface area contributed by atoms with Gasteiger partial charge in [0.1, 0.15) is 6.33 Å². The summed E-state index contributed by atoms with van der Waals surface area (Å²) >= 11 is 0. The van der Waals surface area contributed by atoms with E-state index in [0.29, 0.717) is 6.98 Å². The summed E-state index contributed by atoms with van der Waals surface area (Å²) in [7, 11) is 2.13. The summed E-state index contributed by atoms with van der Waals surface area (Å²) in [4.78, 5) is 8.84. The first-order chi connectivity index (χ1) is 9.68. The van der Waals surface area contributed by atoms with Crippen LogP contribution in [0, 0.1) is 0 Å². The number of hydrogen-bond acceptors (Lipinski definition) is 5. The van der Waals surface area contributed by atoms with Crippen LogP contribution in [0.25, 0.3) is 0 Å². The maximum absolute atomic E-state index is 4.28. The standard InChI is InChI=1S/C12H18B2N6/c1-13-18(3)14(2)20(12-15-9-16-17-12)10-19(13)11-7-5-4-6-8-11/h4-9H,10H2,1-3H3,(H,15,16,17). The van der Waals surface area contributed by atoms with E-state index in [9.17, 15) is 0 Å². The molecular formula is C12H18B2N6. The van der Waals surface area contributed by atoms with Gasteiger partial charge in [-0.25, -0.2) is 10.1 Å². The second-order valence-electron chi connectivity index (χ2n) is 5.15. The zero-order valence-electron chi connectivity index (χ0n) is 12.1. The van der Waals surface area contributed by atoms with Crippen LogP contribution in [-0.4, -0.2) is 47.6 Å². The number of aromatic nitrogens is 3. The zero-order valence-corrected chi connectivity index (χ0v) is 12.1. The molecule has 1 aromatic heterocycles. The second-order valence-corrected chi connectivity index (χ2v) is 5.15. The van der Waals surface area contributed by atoms with Crippen LogP contribution in [0.15, 0.2) is 36.7 Å². The van der Waals surface area contributed by atoms with Gasteiger partial charge in [0, 0.05) is 5.69 Å². The average molecular weight is 268 g/mol. The van der Waals surface area contributed by atoms with Crippen molar-refractivity contribution in [3.8, 4) is 0 Å². The van der Waals surface area contributed by atoms with Crippen LogP contribution in [0.5, 0.6) is 0 Å². The summed E-state index contributed by atoms with van der Waals surface area (Å²) < 4.78 is 2.32. The van der Waals surface area contributed by atoms with Gasteiger partial charge in [-0.15, -0.1) is 0 Å². The third-order valence-electron chi connectivity index (χ3n) is 4.15. The van der Waals surface area contributed by atoms with E-state index >= 15 is 0 Å². The van der Waals surface area contributed by atoms with Gasteiger partial charge in [-0.3, -0.25) is 0 Å². The lowest BCUT2D eigenvalue weighted by Gasteiger charge is -2.48. The molecule has 0 spiro atoms. The van der Waals surface area contributed by atoms with Gasteiger partial charge in [-0.2, -0.15) is 5.10 Å². The van der Waals surface area contributed by atoms with E-state index in [1.54, 1.807) is 6.33 Å². The lowest BCUT2D eigenvalue weighted by atomic mass is 9.58. The van der Waals surface area contributed by atoms with Gasteiger partial charge < -0.3 is 14.3 Å². The van der Waals surface area contributed by atoms with E-state index in [0.717, 1.165) is 12.6 Å². The van der Waals surface area contributed by atoms with Crippen molar-refractivity contribution in [3.63, 3.8) is 0 Å². The monoisotopic (exact) mass is 268 g/mol. The molecule has 0 radical (unpaired) electrons. The molecule has 1 N–H and O–H groups in total. The van der Waals surface area contributed by atoms with Crippen molar-refractivity contribution in [3.05, 3.63) is 36.7 Å². The molecule has 1 aliphatic rings. The maximum Gasteiger partial charge on any atom is 0.333 e. The average Bonchev–Trinajstić information content (AvgIpc) is 3.00. The highest BCUT2D eigenvalue weighted by molar-refractivity contribution is 6.76. The summed E-state index contributed by atoms with van der Waals surface area (Å²) in [6, 6.07) is 10.5. The fourth-order valence-corrected chi connectivity index (χ4v) is 2.65.